The van der Waals surface area contributed by atoms with E-state index in [0.29, 0.717) is 58.4 Å². The highest BCUT2D eigenvalue weighted by Gasteiger charge is 2.55. The summed E-state index contributed by atoms with van der Waals surface area (Å²) in [5.41, 5.74) is 6.97. The third-order valence-electron chi connectivity index (χ3n) is 10.4. The lowest BCUT2D eigenvalue weighted by atomic mass is 9.88. The van der Waals surface area contributed by atoms with E-state index in [9.17, 15) is 49.5 Å². The molecular weight excluding hydrogens is 899 g/mol. The first kappa shape index (κ1) is 55.6. The molecular formula is C45H65N5O18. The Morgan fingerprint density at radius 2 is 1.21 bits per heavy atom. The zero-order valence-corrected chi connectivity index (χ0v) is 37.8. The van der Waals surface area contributed by atoms with E-state index in [1.807, 2.05) is 42.5 Å². The van der Waals surface area contributed by atoms with Gasteiger partial charge in [0, 0.05) is 32.6 Å². The summed E-state index contributed by atoms with van der Waals surface area (Å²) in [5.74, 6) is -5.74. The first-order chi connectivity index (χ1) is 32.9. The third kappa shape index (κ3) is 18.2. The Morgan fingerprint density at radius 3 is 1.72 bits per heavy atom. The first-order valence-electron chi connectivity index (χ1n) is 22.3. The Balaban J connectivity index is 1.13. The summed E-state index contributed by atoms with van der Waals surface area (Å²) in [6.45, 7) is 2.33. The molecule has 1 heterocycles. The van der Waals surface area contributed by atoms with Crippen LogP contribution in [-0.2, 0) is 58.7 Å². The predicted octanol–water partition coefficient (Wildman–Crippen LogP) is -2.66. The van der Waals surface area contributed by atoms with Gasteiger partial charge in [-0.1, -0.05) is 54.6 Å². The molecule has 11 N–H and O–H groups in total. The third-order valence-corrected chi connectivity index (χ3v) is 10.4. The van der Waals surface area contributed by atoms with Crippen molar-refractivity contribution in [1.29, 1.82) is 0 Å². The highest BCUT2D eigenvalue weighted by Crippen LogP contribution is 2.33. The summed E-state index contributed by atoms with van der Waals surface area (Å²) in [6.07, 6.45) is -8.07. The summed E-state index contributed by atoms with van der Waals surface area (Å²) in [6, 6.07) is 15.4. The van der Waals surface area contributed by atoms with E-state index in [0.717, 1.165) is 11.1 Å². The maximum absolute atomic E-state index is 12.8. The van der Waals surface area contributed by atoms with Crippen molar-refractivity contribution >= 4 is 29.2 Å². The van der Waals surface area contributed by atoms with Crippen molar-refractivity contribution in [2.24, 2.45) is 5.73 Å². The van der Waals surface area contributed by atoms with Gasteiger partial charge >= 0.3 is 5.97 Å². The number of amides is 2. The minimum Gasteiger partial charge on any atom is -0.477 e. The minimum absolute atomic E-state index is 0.0389. The second-order valence-electron chi connectivity index (χ2n) is 15.3. The number of anilines is 2. The molecule has 0 radical (unpaired) electrons. The van der Waals surface area contributed by atoms with E-state index in [4.69, 9.17) is 43.6 Å². The molecule has 0 aromatic heterocycles. The van der Waals surface area contributed by atoms with Gasteiger partial charge in [0.15, 0.2) is 0 Å². The number of carbonyl (C=O) groups is 3. The van der Waals surface area contributed by atoms with Gasteiger partial charge in [-0.05, 0) is 16.7 Å². The SMILES string of the molecule is NCCOCCOCCOCCOCCNc1c(NCCOCCOCCO[C@]2(C(=O)O)C[C@H](O)[C@@H](NC(=O)CO)[C@H]([C@H](O)[C@H](O)CNC(=O)Cc3ccc(-c4ccccc4)cc3)O2)c(=O)c1=O. The molecule has 6 atom stereocenters. The van der Waals surface area contributed by atoms with Gasteiger partial charge in [0.05, 0.1) is 111 Å². The lowest BCUT2D eigenvalue weighted by Gasteiger charge is -2.46. The summed E-state index contributed by atoms with van der Waals surface area (Å²) in [4.78, 5) is 61.7. The van der Waals surface area contributed by atoms with Crippen LogP contribution < -0.4 is 37.9 Å². The van der Waals surface area contributed by atoms with Crippen molar-refractivity contribution in [2.75, 3.05) is 129 Å². The normalized spacial score (nSPS) is 19.0. The molecule has 0 spiro atoms. The number of rotatable bonds is 36. The van der Waals surface area contributed by atoms with Gasteiger partial charge in [0.1, 0.15) is 30.2 Å². The second-order valence-corrected chi connectivity index (χ2v) is 15.3. The maximum Gasteiger partial charge on any atom is 0.364 e. The number of aliphatic carboxylic acids is 1. The molecule has 3 aromatic carbocycles. The van der Waals surface area contributed by atoms with Gasteiger partial charge in [-0.25, -0.2) is 4.79 Å². The van der Waals surface area contributed by atoms with Crippen LogP contribution in [0.4, 0.5) is 11.4 Å². The van der Waals surface area contributed by atoms with Crippen LogP contribution in [-0.4, -0.2) is 198 Å². The number of benzene rings is 2. The molecule has 0 saturated carbocycles. The molecule has 0 bridgehead atoms. The predicted molar refractivity (Wildman–Crippen MR) is 244 cm³/mol. The molecule has 1 fully saturated rings. The van der Waals surface area contributed by atoms with Crippen LogP contribution in [0.5, 0.6) is 0 Å². The van der Waals surface area contributed by atoms with Gasteiger partial charge in [0.25, 0.3) is 16.6 Å². The van der Waals surface area contributed by atoms with Crippen molar-refractivity contribution < 1.29 is 77.8 Å². The van der Waals surface area contributed by atoms with E-state index in [-0.39, 0.29) is 70.5 Å². The number of nitrogens with two attached hydrogens (primary N) is 1. The van der Waals surface area contributed by atoms with Crippen molar-refractivity contribution in [3.8, 4) is 11.1 Å². The smallest absolute Gasteiger partial charge is 0.364 e. The van der Waals surface area contributed by atoms with Gasteiger partial charge < -0.3 is 90.4 Å². The van der Waals surface area contributed by atoms with E-state index < -0.39 is 84.5 Å². The molecule has 68 heavy (non-hydrogen) atoms. The fraction of sp³-hybridized carbons (Fsp3) is 0.578. The lowest BCUT2D eigenvalue weighted by Crippen LogP contribution is -2.68. The topological polar surface area (TPSA) is 334 Å². The number of aliphatic hydroxyl groups excluding tert-OH is 4. The lowest BCUT2D eigenvalue weighted by molar-refractivity contribution is -0.312. The van der Waals surface area contributed by atoms with Crippen LogP contribution >= 0.6 is 0 Å². The minimum atomic E-state index is -2.58. The van der Waals surface area contributed by atoms with Crippen molar-refractivity contribution in [3.05, 3.63) is 80.6 Å². The second kappa shape index (κ2) is 30.5. The molecule has 1 aliphatic heterocycles. The molecule has 0 unspecified atom stereocenters. The van der Waals surface area contributed by atoms with E-state index in [1.54, 1.807) is 12.1 Å². The average Bonchev–Trinajstić information content (AvgIpc) is 3.34. The number of ether oxygens (including phenoxy) is 8. The molecule has 378 valence electrons. The molecule has 2 amide bonds. The van der Waals surface area contributed by atoms with Gasteiger partial charge in [-0.15, -0.1) is 0 Å². The van der Waals surface area contributed by atoms with E-state index in [2.05, 4.69) is 21.3 Å². The quantitative estimate of drug-likeness (QED) is 0.0210. The number of hydrogen-bond donors (Lipinski definition) is 10. The van der Waals surface area contributed by atoms with Crippen LogP contribution in [0.2, 0.25) is 0 Å². The van der Waals surface area contributed by atoms with Crippen molar-refractivity contribution in [2.45, 2.75) is 49.1 Å². The fourth-order valence-corrected chi connectivity index (χ4v) is 6.86. The summed E-state index contributed by atoms with van der Waals surface area (Å²) >= 11 is 0. The first-order valence-corrected chi connectivity index (χ1v) is 22.3. The standard InChI is InChI=1S/C45H65N5O18/c46-10-13-61-16-19-64-22-23-65-20-17-62-14-11-47-38-39(42(58)41(38)57)48-12-15-63-18-21-66-24-25-67-45(44(59)60)27-33(52)37(50-36(55)29-51)43(68-45)40(56)34(53)28-49-35(54)26-30-6-8-32(9-7-30)31-4-2-1-3-5-31/h1-9,33-34,37,40,43,47-48,51-53,56H,10-29,46H2,(H,49,54)(H,50,55)(H,59,60)/t33-,34+,37+,40+,43+,45+/m0/s1. The highest BCUT2D eigenvalue weighted by molar-refractivity contribution is 5.79. The van der Waals surface area contributed by atoms with Gasteiger partial charge in [-0.2, -0.15) is 0 Å². The van der Waals surface area contributed by atoms with Crippen molar-refractivity contribution in [3.63, 3.8) is 0 Å². The number of carboxylic acid groups (broad SMARTS) is 1. The fourth-order valence-electron chi connectivity index (χ4n) is 6.86. The van der Waals surface area contributed by atoms with Crippen LogP contribution in [0.3, 0.4) is 0 Å². The van der Waals surface area contributed by atoms with E-state index >= 15 is 0 Å². The summed E-state index contributed by atoms with van der Waals surface area (Å²) < 4.78 is 43.7. The molecule has 0 aliphatic carbocycles. The molecule has 1 saturated heterocycles. The van der Waals surface area contributed by atoms with E-state index in [1.165, 1.54) is 0 Å². The van der Waals surface area contributed by atoms with Crippen LogP contribution in [0, 0.1) is 0 Å². The Kier molecular flexibility index (Phi) is 24.9. The zero-order chi connectivity index (χ0) is 49.2. The van der Waals surface area contributed by atoms with Gasteiger partial charge in [0.2, 0.25) is 11.8 Å². The Labute approximate surface area is 392 Å². The molecule has 23 heteroatoms. The summed E-state index contributed by atoms with van der Waals surface area (Å²) in [7, 11) is 0. The van der Waals surface area contributed by atoms with Crippen LogP contribution in [0.25, 0.3) is 11.1 Å². The Hall–Kier alpha value is -4.99. The zero-order valence-electron chi connectivity index (χ0n) is 37.8. The molecule has 1 aliphatic rings. The molecule has 3 aromatic rings. The maximum atomic E-state index is 12.8. The van der Waals surface area contributed by atoms with Crippen LogP contribution in [0.15, 0.2) is 64.2 Å². The Bertz CT molecular complexity index is 2010. The van der Waals surface area contributed by atoms with Crippen molar-refractivity contribution in [1.82, 2.24) is 10.6 Å². The molecule has 4 rings (SSSR count). The number of nitrogens with one attached hydrogen (secondary N) is 4. The van der Waals surface area contributed by atoms with Gasteiger partial charge in [-0.3, -0.25) is 19.2 Å². The highest BCUT2D eigenvalue weighted by atomic mass is 16.7. The number of carboxylic acids is 1. The monoisotopic (exact) mass is 963 g/mol. The molecule has 23 nitrogen and oxygen atoms in total. The largest absolute Gasteiger partial charge is 0.477 e. The number of carbonyl (C=O) groups excluding carboxylic acids is 2. The number of aliphatic hydroxyl groups is 4. The summed E-state index contributed by atoms with van der Waals surface area (Å²) in [5, 5.41) is 63.3. The van der Waals surface area contributed by atoms with Crippen LogP contribution in [0.1, 0.15) is 12.0 Å². The number of hydrogen-bond acceptors (Lipinski definition) is 20. The Morgan fingerprint density at radius 1 is 0.706 bits per heavy atom. The average molecular weight is 964 g/mol.